The smallest absolute Gasteiger partial charge is 0.195 e. The van der Waals surface area contributed by atoms with E-state index in [2.05, 4.69) is 29.3 Å². The van der Waals surface area contributed by atoms with E-state index in [-0.39, 0.29) is 6.61 Å². The van der Waals surface area contributed by atoms with E-state index < -0.39 is 0 Å². The van der Waals surface area contributed by atoms with Crippen LogP contribution >= 0.6 is 11.8 Å². The molecule has 0 atom stereocenters. The van der Waals surface area contributed by atoms with E-state index in [0.717, 1.165) is 23.0 Å². The minimum Gasteiger partial charge on any atom is -0.396 e. The first kappa shape index (κ1) is 12.1. The zero-order valence-corrected chi connectivity index (χ0v) is 10.5. The van der Waals surface area contributed by atoms with E-state index in [4.69, 9.17) is 5.11 Å². The Morgan fingerprint density at radius 1 is 1.35 bits per heavy atom. The van der Waals surface area contributed by atoms with Crippen molar-refractivity contribution in [2.45, 2.75) is 18.5 Å². The average Bonchev–Trinajstić information content (AvgIpc) is 2.78. The highest BCUT2D eigenvalue weighted by Gasteiger charge is 2.08. The summed E-state index contributed by atoms with van der Waals surface area (Å²) in [5.41, 5.74) is 2.29. The van der Waals surface area contributed by atoms with Crippen molar-refractivity contribution in [3.05, 3.63) is 36.2 Å². The molecule has 5 heteroatoms. The Bertz CT molecular complexity index is 484. The third kappa shape index (κ3) is 2.87. The number of nitrogens with zero attached hydrogens (tertiary/aromatic N) is 3. The van der Waals surface area contributed by atoms with Crippen molar-refractivity contribution >= 4 is 11.8 Å². The molecule has 0 bridgehead atoms. The third-order valence-electron chi connectivity index (χ3n) is 2.43. The van der Waals surface area contributed by atoms with E-state index in [1.54, 1.807) is 18.1 Å². The van der Waals surface area contributed by atoms with Crippen LogP contribution in [-0.2, 0) is 0 Å². The molecule has 0 aliphatic heterocycles. The maximum absolute atomic E-state index is 8.77. The Hall–Kier alpha value is -1.33. The zero-order valence-electron chi connectivity index (χ0n) is 9.71. The molecule has 0 aliphatic rings. The molecule has 0 saturated carbocycles. The fraction of sp³-hybridized carbons (Fsp3) is 0.333. The van der Waals surface area contributed by atoms with Gasteiger partial charge < -0.3 is 5.11 Å². The van der Waals surface area contributed by atoms with Crippen LogP contribution in [0.2, 0.25) is 0 Å². The lowest BCUT2D eigenvalue weighted by Crippen LogP contribution is -1.98. The minimum absolute atomic E-state index is 0.214. The standard InChI is InChI=1S/C12H15N3OS/c1-10-5-2-3-6-11(10)15-9-13-14-12(15)17-8-4-7-16/h2-3,5-6,9,16H,4,7-8H2,1H3. The first-order valence-electron chi connectivity index (χ1n) is 5.52. The Labute approximate surface area is 105 Å². The first-order chi connectivity index (χ1) is 8.33. The number of thioether (sulfide) groups is 1. The second-order valence-electron chi connectivity index (χ2n) is 3.70. The summed E-state index contributed by atoms with van der Waals surface area (Å²) in [6, 6.07) is 8.14. The van der Waals surface area contributed by atoms with Crippen LogP contribution in [0.4, 0.5) is 0 Å². The van der Waals surface area contributed by atoms with Crippen molar-refractivity contribution < 1.29 is 5.11 Å². The third-order valence-corrected chi connectivity index (χ3v) is 3.45. The second kappa shape index (κ2) is 5.84. The van der Waals surface area contributed by atoms with Gasteiger partial charge in [0.05, 0.1) is 5.69 Å². The van der Waals surface area contributed by atoms with Gasteiger partial charge in [-0.25, -0.2) is 0 Å². The molecule has 0 saturated heterocycles. The minimum atomic E-state index is 0.214. The predicted molar refractivity (Wildman–Crippen MR) is 68.5 cm³/mol. The fourth-order valence-corrected chi connectivity index (χ4v) is 2.40. The number of hydrogen-bond acceptors (Lipinski definition) is 4. The Kier molecular flexibility index (Phi) is 4.17. The molecular formula is C12H15N3OS. The maximum atomic E-state index is 8.77. The van der Waals surface area contributed by atoms with E-state index in [0.29, 0.717) is 0 Å². The van der Waals surface area contributed by atoms with Crippen molar-refractivity contribution in [1.82, 2.24) is 14.8 Å². The van der Waals surface area contributed by atoms with Crippen LogP contribution in [0.15, 0.2) is 35.7 Å². The average molecular weight is 249 g/mol. The van der Waals surface area contributed by atoms with Crippen LogP contribution in [0.5, 0.6) is 0 Å². The molecule has 1 heterocycles. The number of aromatic nitrogens is 3. The van der Waals surface area contributed by atoms with Crippen LogP contribution in [0.1, 0.15) is 12.0 Å². The lowest BCUT2D eigenvalue weighted by Gasteiger charge is -2.08. The van der Waals surface area contributed by atoms with Gasteiger partial charge in [-0.2, -0.15) is 0 Å². The lowest BCUT2D eigenvalue weighted by molar-refractivity contribution is 0.296. The van der Waals surface area contributed by atoms with Crippen LogP contribution in [0.3, 0.4) is 0 Å². The van der Waals surface area contributed by atoms with Gasteiger partial charge in [-0.1, -0.05) is 30.0 Å². The number of hydrogen-bond donors (Lipinski definition) is 1. The molecule has 2 rings (SSSR count). The number of para-hydroxylation sites is 1. The number of rotatable bonds is 5. The normalized spacial score (nSPS) is 10.7. The molecule has 0 unspecified atom stereocenters. The van der Waals surface area contributed by atoms with Gasteiger partial charge in [-0.05, 0) is 25.0 Å². The maximum Gasteiger partial charge on any atom is 0.195 e. The number of aliphatic hydroxyl groups is 1. The number of aliphatic hydroxyl groups excluding tert-OH is 1. The van der Waals surface area contributed by atoms with Gasteiger partial charge in [0.2, 0.25) is 0 Å². The largest absolute Gasteiger partial charge is 0.396 e. The second-order valence-corrected chi connectivity index (χ2v) is 4.76. The molecule has 1 N–H and O–H groups in total. The molecule has 0 amide bonds. The molecule has 4 nitrogen and oxygen atoms in total. The topological polar surface area (TPSA) is 50.9 Å². The molecule has 17 heavy (non-hydrogen) atoms. The van der Waals surface area contributed by atoms with Gasteiger partial charge >= 0.3 is 0 Å². The fourth-order valence-electron chi connectivity index (χ4n) is 1.55. The Morgan fingerprint density at radius 2 is 2.18 bits per heavy atom. The zero-order chi connectivity index (χ0) is 12.1. The highest BCUT2D eigenvalue weighted by Crippen LogP contribution is 2.21. The van der Waals surface area contributed by atoms with Gasteiger partial charge in [0.25, 0.3) is 0 Å². The van der Waals surface area contributed by atoms with Crippen LogP contribution in [0, 0.1) is 6.92 Å². The van der Waals surface area contributed by atoms with Crippen molar-refractivity contribution in [3.63, 3.8) is 0 Å². The summed E-state index contributed by atoms with van der Waals surface area (Å²) in [5, 5.41) is 17.7. The summed E-state index contributed by atoms with van der Waals surface area (Å²) in [6.07, 6.45) is 2.49. The molecule has 0 aliphatic carbocycles. The number of aryl methyl sites for hydroxylation is 1. The quantitative estimate of drug-likeness (QED) is 0.651. The van der Waals surface area contributed by atoms with E-state index in [1.807, 2.05) is 16.7 Å². The highest BCUT2D eigenvalue weighted by atomic mass is 32.2. The van der Waals surface area contributed by atoms with E-state index in [9.17, 15) is 0 Å². The van der Waals surface area contributed by atoms with E-state index in [1.165, 1.54) is 5.56 Å². The van der Waals surface area contributed by atoms with Crippen LogP contribution in [0.25, 0.3) is 5.69 Å². The van der Waals surface area contributed by atoms with Crippen molar-refractivity contribution in [2.24, 2.45) is 0 Å². The molecule has 0 spiro atoms. The molecule has 2 aromatic rings. The summed E-state index contributed by atoms with van der Waals surface area (Å²) >= 11 is 1.61. The first-order valence-corrected chi connectivity index (χ1v) is 6.51. The Morgan fingerprint density at radius 3 is 2.94 bits per heavy atom. The van der Waals surface area contributed by atoms with Crippen LogP contribution < -0.4 is 0 Å². The summed E-state index contributed by atoms with van der Waals surface area (Å²) in [5.74, 6) is 0.848. The van der Waals surface area contributed by atoms with E-state index >= 15 is 0 Å². The molecular weight excluding hydrogens is 234 g/mol. The molecule has 1 aromatic carbocycles. The SMILES string of the molecule is Cc1ccccc1-n1cnnc1SCCCO. The van der Waals surface area contributed by atoms with Crippen molar-refractivity contribution in [3.8, 4) is 5.69 Å². The van der Waals surface area contributed by atoms with Crippen molar-refractivity contribution in [2.75, 3.05) is 12.4 Å². The number of benzene rings is 1. The van der Waals surface area contributed by atoms with Crippen molar-refractivity contribution in [1.29, 1.82) is 0 Å². The molecule has 0 radical (unpaired) electrons. The Balaban J connectivity index is 2.22. The molecule has 1 aromatic heterocycles. The molecule has 90 valence electrons. The highest BCUT2D eigenvalue weighted by molar-refractivity contribution is 7.99. The molecule has 0 fully saturated rings. The van der Waals surface area contributed by atoms with Crippen LogP contribution in [-0.4, -0.2) is 32.2 Å². The van der Waals surface area contributed by atoms with Gasteiger partial charge in [0.15, 0.2) is 5.16 Å². The van der Waals surface area contributed by atoms with Gasteiger partial charge in [-0.3, -0.25) is 4.57 Å². The monoisotopic (exact) mass is 249 g/mol. The van der Waals surface area contributed by atoms with Gasteiger partial charge in [0, 0.05) is 12.4 Å². The summed E-state index contributed by atoms with van der Waals surface area (Å²) in [6.45, 7) is 2.28. The van der Waals surface area contributed by atoms with Gasteiger partial charge in [0.1, 0.15) is 6.33 Å². The summed E-state index contributed by atoms with van der Waals surface area (Å²) < 4.78 is 1.98. The summed E-state index contributed by atoms with van der Waals surface area (Å²) in [4.78, 5) is 0. The van der Waals surface area contributed by atoms with Gasteiger partial charge in [-0.15, -0.1) is 10.2 Å². The predicted octanol–water partition coefficient (Wildman–Crippen LogP) is 2.05. The summed E-state index contributed by atoms with van der Waals surface area (Å²) in [7, 11) is 0. The lowest BCUT2D eigenvalue weighted by atomic mass is 10.2.